The molecule has 8 nitrogen and oxygen atoms in total. The minimum absolute atomic E-state index is 0.269. The van der Waals surface area contributed by atoms with Gasteiger partial charge in [-0.15, -0.1) is 0 Å². The van der Waals surface area contributed by atoms with Crippen LogP contribution in [0.5, 0.6) is 0 Å². The van der Waals surface area contributed by atoms with Crippen molar-refractivity contribution in [2.24, 2.45) is 0 Å². The van der Waals surface area contributed by atoms with Crippen molar-refractivity contribution < 1.29 is 19.2 Å². The van der Waals surface area contributed by atoms with Crippen LogP contribution in [0.3, 0.4) is 0 Å². The van der Waals surface area contributed by atoms with Crippen LogP contribution in [0.15, 0.2) is 145 Å². The standard InChI is InChI=1S/C35H30N4O4/c1-24(36-32(40)26-16-20-28(21-17-26)34(42)38-30-12-5-3-6-13-30)10-9-11-25(2)37-33(41)27-18-22-29(23-19-27)35(43)39-31-14-7-4-8-15-31/h3-23H,1H2,2H3,(H,36,40)(H,37,41)(H,38,42)(H,39,43). The Morgan fingerprint density at radius 3 is 1.33 bits per heavy atom. The van der Waals surface area contributed by atoms with E-state index >= 15 is 0 Å². The Morgan fingerprint density at radius 2 is 0.907 bits per heavy atom. The lowest BCUT2D eigenvalue weighted by Crippen LogP contribution is -2.22. The molecule has 8 heteroatoms. The summed E-state index contributed by atoms with van der Waals surface area (Å²) in [5, 5.41) is 11.1. The maximum atomic E-state index is 12.6. The summed E-state index contributed by atoms with van der Waals surface area (Å²) in [6.07, 6.45) is 4.90. The first-order valence-electron chi connectivity index (χ1n) is 13.4. The van der Waals surface area contributed by atoms with Crippen LogP contribution in [0.2, 0.25) is 0 Å². The van der Waals surface area contributed by atoms with Crippen molar-refractivity contribution in [3.05, 3.63) is 168 Å². The smallest absolute Gasteiger partial charge is 0.255 e. The summed E-state index contributed by atoms with van der Waals surface area (Å²) in [6.45, 7) is 5.56. The molecule has 0 aliphatic heterocycles. The van der Waals surface area contributed by atoms with Gasteiger partial charge in [0.05, 0.1) is 0 Å². The molecule has 4 rings (SSSR count). The van der Waals surface area contributed by atoms with Crippen molar-refractivity contribution in [3.63, 3.8) is 0 Å². The normalized spacial score (nSPS) is 11.0. The lowest BCUT2D eigenvalue weighted by atomic mass is 10.1. The third-order valence-corrected chi connectivity index (χ3v) is 6.11. The van der Waals surface area contributed by atoms with Crippen molar-refractivity contribution in [3.8, 4) is 0 Å². The molecule has 0 saturated carbocycles. The molecule has 214 valence electrons. The van der Waals surface area contributed by atoms with E-state index in [9.17, 15) is 19.2 Å². The molecule has 0 atom stereocenters. The first-order chi connectivity index (χ1) is 20.8. The van der Waals surface area contributed by atoms with Gasteiger partial charge in [0, 0.05) is 45.0 Å². The Labute approximate surface area is 249 Å². The van der Waals surface area contributed by atoms with Crippen LogP contribution in [0.1, 0.15) is 48.4 Å². The number of benzene rings is 4. The Kier molecular flexibility index (Phi) is 10.1. The molecule has 4 N–H and O–H groups in total. The van der Waals surface area contributed by atoms with Gasteiger partial charge in [-0.25, -0.2) is 0 Å². The average molecular weight is 571 g/mol. The third kappa shape index (κ3) is 8.99. The Balaban J connectivity index is 1.24. The summed E-state index contributed by atoms with van der Waals surface area (Å²) >= 11 is 0. The molecule has 43 heavy (non-hydrogen) atoms. The van der Waals surface area contributed by atoms with Crippen molar-refractivity contribution in [2.45, 2.75) is 6.92 Å². The molecular weight excluding hydrogens is 540 g/mol. The molecule has 0 saturated heterocycles. The summed E-state index contributed by atoms with van der Waals surface area (Å²) in [7, 11) is 0. The number of anilines is 2. The van der Waals surface area contributed by atoms with Gasteiger partial charge >= 0.3 is 0 Å². The van der Waals surface area contributed by atoms with E-state index in [1.54, 1.807) is 97.9 Å². The van der Waals surface area contributed by atoms with Crippen LogP contribution >= 0.6 is 0 Å². The molecular formula is C35H30N4O4. The zero-order valence-corrected chi connectivity index (χ0v) is 23.5. The van der Waals surface area contributed by atoms with Crippen molar-refractivity contribution in [2.75, 3.05) is 10.6 Å². The van der Waals surface area contributed by atoms with Crippen LogP contribution in [0, 0.1) is 0 Å². The van der Waals surface area contributed by atoms with Crippen LogP contribution in [-0.4, -0.2) is 23.6 Å². The van der Waals surface area contributed by atoms with Crippen molar-refractivity contribution in [1.82, 2.24) is 10.6 Å². The highest BCUT2D eigenvalue weighted by Gasteiger charge is 2.11. The van der Waals surface area contributed by atoms with Crippen LogP contribution in [-0.2, 0) is 0 Å². The van der Waals surface area contributed by atoms with Crippen LogP contribution < -0.4 is 21.3 Å². The Hall–Kier alpha value is -6.02. The fraction of sp³-hybridized carbons (Fsp3) is 0.0286. The largest absolute Gasteiger partial charge is 0.326 e. The van der Waals surface area contributed by atoms with Crippen molar-refractivity contribution >= 4 is 35.0 Å². The number of rotatable bonds is 10. The zero-order chi connectivity index (χ0) is 30.6. The SMILES string of the molecule is C=C(C=CC=C(C)NC(=O)c1ccc(C(=O)Nc2ccccc2)cc1)NC(=O)c1ccc(C(=O)Nc2ccccc2)cc1. The zero-order valence-electron chi connectivity index (χ0n) is 23.5. The quantitative estimate of drug-likeness (QED) is 0.167. The van der Waals surface area contributed by atoms with Crippen LogP contribution in [0.25, 0.3) is 0 Å². The number of hydrogen-bond donors (Lipinski definition) is 4. The van der Waals surface area contributed by atoms with Gasteiger partial charge in [-0.3, -0.25) is 19.2 Å². The predicted octanol–water partition coefficient (Wildman–Crippen LogP) is 6.32. The number of hydrogen-bond acceptors (Lipinski definition) is 4. The highest BCUT2D eigenvalue weighted by atomic mass is 16.2. The summed E-state index contributed by atoms with van der Waals surface area (Å²) in [4.78, 5) is 50.0. The maximum absolute atomic E-state index is 12.6. The number of carbonyl (C=O) groups excluding carboxylic acids is 4. The topological polar surface area (TPSA) is 116 Å². The van der Waals surface area contributed by atoms with E-state index in [-0.39, 0.29) is 23.6 Å². The number of amides is 4. The fourth-order valence-corrected chi connectivity index (χ4v) is 3.86. The predicted molar refractivity (Wildman–Crippen MR) is 169 cm³/mol. The average Bonchev–Trinajstić information content (AvgIpc) is 3.02. The van der Waals surface area contributed by atoms with Gasteiger partial charge in [-0.05, 0) is 91.9 Å². The molecule has 0 fully saturated rings. The first-order valence-corrected chi connectivity index (χ1v) is 13.4. The second-order valence-corrected chi connectivity index (χ2v) is 9.44. The fourth-order valence-electron chi connectivity index (χ4n) is 3.86. The monoisotopic (exact) mass is 570 g/mol. The maximum Gasteiger partial charge on any atom is 0.255 e. The molecule has 0 radical (unpaired) electrons. The highest BCUT2D eigenvalue weighted by molar-refractivity contribution is 6.06. The number of allylic oxidation sites excluding steroid dienone is 4. The summed E-state index contributed by atoms with van der Waals surface area (Å²) in [5.41, 5.74) is 3.89. The number of carbonyl (C=O) groups is 4. The van der Waals surface area contributed by atoms with E-state index < -0.39 is 0 Å². The van der Waals surface area contributed by atoms with E-state index in [4.69, 9.17) is 0 Å². The van der Waals surface area contributed by atoms with Gasteiger partial charge in [-0.1, -0.05) is 49.1 Å². The third-order valence-electron chi connectivity index (χ3n) is 6.11. The lowest BCUT2D eigenvalue weighted by Gasteiger charge is -2.08. The Bertz CT molecular complexity index is 1680. The van der Waals surface area contributed by atoms with E-state index in [2.05, 4.69) is 27.8 Å². The second kappa shape index (κ2) is 14.6. The van der Waals surface area contributed by atoms with Gasteiger partial charge in [0.25, 0.3) is 23.6 Å². The van der Waals surface area contributed by atoms with Crippen molar-refractivity contribution in [1.29, 1.82) is 0 Å². The van der Waals surface area contributed by atoms with Gasteiger partial charge in [0.2, 0.25) is 0 Å². The summed E-state index contributed by atoms with van der Waals surface area (Å²) in [5.74, 6) is -1.25. The molecule has 0 aliphatic rings. The minimum Gasteiger partial charge on any atom is -0.326 e. The van der Waals surface area contributed by atoms with Gasteiger partial charge < -0.3 is 21.3 Å². The Morgan fingerprint density at radius 1 is 0.535 bits per heavy atom. The number of nitrogens with one attached hydrogen (secondary N) is 4. The van der Waals surface area contributed by atoms with E-state index in [0.29, 0.717) is 45.0 Å². The molecule has 4 aromatic carbocycles. The second-order valence-electron chi connectivity index (χ2n) is 9.44. The van der Waals surface area contributed by atoms with Crippen LogP contribution in [0.4, 0.5) is 11.4 Å². The molecule has 0 aliphatic carbocycles. The first kappa shape index (κ1) is 30.0. The molecule has 0 aromatic heterocycles. The highest BCUT2D eigenvalue weighted by Crippen LogP contribution is 2.12. The van der Waals surface area contributed by atoms with Gasteiger partial charge in [0.15, 0.2) is 0 Å². The van der Waals surface area contributed by atoms with Gasteiger partial charge in [-0.2, -0.15) is 0 Å². The van der Waals surface area contributed by atoms with E-state index in [1.807, 2.05) is 36.4 Å². The molecule has 0 spiro atoms. The molecule has 0 bridgehead atoms. The minimum atomic E-state index is -0.375. The van der Waals surface area contributed by atoms with E-state index in [0.717, 1.165) is 0 Å². The van der Waals surface area contributed by atoms with E-state index in [1.165, 1.54) is 0 Å². The summed E-state index contributed by atoms with van der Waals surface area (Å²) < 4.78 is 0. The lowest BCUT2D eigenvalue weighted by molar-refractivity contribution is 0.0958. The molecule has 0 unspecified atom stereocenters. The molecule has 4 amide bonds. The van der Waals surface area contributed by atoms with Gasteiger partial charge in [0.1, 0.15) is 0 Å². The summed E-state index contributed by atoms with van der Waals surface area (Å²) in [6, 6.07) is 30.8. The molecule has 4 aromatic rings. The molecule has 0 heterocycles. The number of para-hydroxylation sites is 2.